The van der Waals surface area contributed by atoms with Crippen LogP contribution in [-0.4, -0.2) is 42.6 Å². The number of carbonyl (C=O) groups is 1. The molecule has 0 radical (unpaired) electrons. The fraction of sp³-hybridized carbons (Fsp3) is 0.188. The molecule has 2 aromatic rings. The summed E-state index contributed by atoms with van der Waals surface area (Å²) in [5.41, 5.74) is 1.07. The zero-order chi connectivity index (χ0) is 18.4. The lowest BCUT2D eigenvalue weighted by Crippen LogP contribution is -2.48. The molecule has 0 aliphatic rings. The first-order chi connectivity index (χ1) is 11.8. The number of benzene rings is 2. The van der Waals surface area contributed by atoms with Gasteiger partial charge in [0.1, 0.15) is 0 Å². The molecule has 0 spiro atoms. The van der Waals surface area contributed by atoms with Crippen LogP contribution in [0.5, 0.6) is 0 Å². The molecular formula is C16H18BNO6S. The molecule has 2 rings (SSSR count). The maximum atomic E-state index is 12.3. The molecule has 7 nitrogen and oxygen atoms in total. The largest absolute Gasteiger partial charge is 0.478 e. The summed E-state index contributed by atoms with van der Waals surface area (Å²) in [6.45, 7) is 0. The normalized spacial score (nSPS) is 12.6. The van der Waals surface area contributed by atoms with Crippen LogP contribution in [0.2, 0.25) is 0 Å². The summed E-state index contributed by atoms with van der Waals surface area (Å²) in [6.07, 6.45) is -0.0627. The number of hydrogen-bond donors (Lipinski definition) is 4. The van der Waals surface area contributed by atoms with Gasteiger partial charge in [-0.3, -0.25) is 0 Å². The van der Waals surface area contributed by atoms with E-state index in [0.717, 1.165) is 0 Å². The highest BCUT2D eigenvalue weighted by Gasteiger charge is 2.28. The Morgan fingerprint density at radius 1 is 1.04 bits per heavy atom. The Hall–Kier alpha value is -2.20. The summed E-state index contributed by atoms with van der Waals surface area (Å²) in [6, 6.07) is 14.4. The van der Waals surface area contributed by atoms with Crippen LogP contribution in [-0.2, 0) is 22.2 Å². The van der Waals surface area contributed by atoms with Gasteiger partial charge in [0.25, 0.3) is 0 Å². The first kappa shape index (κ1) is 19.1. The van der Waals surface area contributed by atoms with Crippen molar-refractivity contribution in [2.75, 3.05) is 0 Å². The predicted octanol–water partition coefficient (Wildman–Crippen LogP) is 0.428. The van der Waals surface area contributed by atoms with Crippen molar-refractivity contribution in [3.05, 3.63) is 71.3 Å². The van der Waals surface area contributed by atoms with Crippen molar-refractivity contribution >= 4 is 23.1 Å². The summed E-state index contributed by atoms with van der Waals surface area (Å²) in [5, 5.41) is 28.0. The molecule has 132 valence electrons. The molecule has 0 aliphatic heterocycles. The summed E-state index contributed by atoms with van der Waals surface area (Å²) in [4.78, 5) is 11.0. The van der Waals surface area contributed by atoms with Crippen LogP contribution in [0.3, 0.4) is 0 Å². The smallest absolute Gasteiger partial charge is 0.471 e. The molecule has 2 aromatic carbocycles. The molecule has 1 atom stereocenters. The molecular weight excluding hydrogens is 345 g/mol. The van der Waals surface area contributed by atoms with Crippen LogP contribution in [0, 0.1) is 0 Å². The molecule has 0 heterocycles. The number of nitrogens with one attached hydrogen (secondary N) is 1. The summed E-state index contributed by atoms with van der Waals surface area (Å²) in [5.74, 6) is -2.61. The summed E-state index contributed by atoms with van der Waals surface area (Å²) in [7, 11) is -5.74. The van der Waals surface area contributed by atoms with Crippen molar-refractivity contribution in [3.63, 3.8) is 0 Å². The van der Waals surface area contributed by atoms with E-state index in [0.29, 0.717) is 11.1 Å². The van der Waals surface area contributed by atoms with Gasteiger partial charge in [0.2, 0.25) is 10.0 Å². The van der Waals surface area contributed by atoms with Gasteiger partial charge in [-0.1, -0.05) is 42.5 Å². The zero-order valence-corrected chi connectivity index (χ0v) is 14.1. The molecule has 25 heavy (non-hydrogen) atoms. The van der Waals surface area contributed by atoms with Gasteiger partial charge in [-0.05, 0) is 29.7 Å². The van der Waals surface area contributed by atoms with E-state index >= 15 is 0 Å². The molecule has 0 bridgehead atoms. The monoisotopic (exact) mass is 363 g/mol. The zero-order valence-electron chi connectivity index (χ0n) is 13.2. The summed E-state index contributed by atoms with van der Waals surface area (Å²) < 4.78 is 26.8. The van der Waals surface area contributed by atoms with Crippen molar-refractivity contribution in [2.24, 2.45) is 0 Å². The van der Waals surface area contributed by atoms with E-state index in [9.17, 15) is 23.3 Å². The third-order valence-electron chi connectivity index (χ3n) is 3.52. The minimum Gasteiger partial charge on any atom is -0.478 e. The fourth-order valence-corrected chi connectivity index (χ4v) is 3.74. The highest BCUT2D eigenvalue weighted by atomic mass is 32.2. The maximum Gasteiger partial charge on any atom is 0.471 e. The number of carboxylic acid groups (broad SMARTS) is 1. The molecule has 0 aromatic heterocycles. The molecule has 9 heteroatoms. The number of rotatable bonds is 8. The third kappa shape index (κ3) is 5.98. The van der Waals surface area contributed by atoms with Gasteiger partial charge in [-0.15, -0.1) is 0 Å². The lowest BCUT2D eigenvalue weighted by molar-refractivity contribution is 0.0696. The van der Waals surface area contributed by atoms with Crippen LogP contribution in [0.25, 0.3) is 0 Å². The lowest BCUT2D eigenvalue weighted by Gasteiger charge is -2.18. The first-order valence-corrected chi connectivity index (χ1v) is 9.14. The highest BCUT2D eigenvalue weighted by Crippen LogP contribution is 2.11. The SMILES string of the molecule is O=C(O)c1cccc(C[C@H](NS(=O)(=O)Cc2ccccc2)B(O)O)c1. The third-order valence-corrected chi connectivity index (χ3v) is 4.90. The topological polar surface area (TPSA) is 124 Å². The Kier molecular flexibility index (Phi) is 6.32. The van der Waals surface area contributed by atoms with Crippen molar-refractivity contribution in [2.45, 2.75) is 18.1 Å². The average Bonchev–Trinajstić information content (AvgIpc) is 2.54. The molecule has 0 saturated heterocycles. The van der Waals surface area contributed by atoms with Crippen LogP contribution < -0.4 is 4.72 Å². The van der Waals surface area contributed by atoms with Crippen molar-refractivity contribution in [1.29, 1.82) is 0 Å². The molecule has 0 aliphatic carbocycles. The Balaban J connectivity index is 2.13. The Labute approximate surface area is 146 Å². The molecule has 4 N–H and O–H groups in total. The second-order valence-corrected chi connectivity index (χ2v) is 7.35. The van der Waals surface area contributed by atoms with Crippen LogP contribution >= 0.6 is 0 Å². The van der Waals surface area contributed by atoms with Crippen molar-refractivity contribution < 1.29 is 28.4 Å². The van der Waals surface area contributed by atoms with E-state index in [1.807, 2.05) is 0 Å². The van der Waals surface area contributed by atoms with Gasteiger partial charge in [-0.2, -0.15) is 0 Å². The van der Waals surface area contributed by atoms with E-state index in [1.165, 1.54) is 18.2 Å². The quantitative estimate of drug-likeness (QED) is 0.504. The average molecular weight is 363 g/mol. The van der Waals surface area contributed by atoms with Gasteiger partial charge in [0.05, 0.1) is 17.3 Å². The van der Waals surface area contributed by atoms with Crippen molar-refractivity contribution in [3.8, 4) is 0 Å². The number of carboxylic acids is 1. The first-order valence-electron chi connectivity index (χ1n) is 7.49. The predicted molar refractivity (Wildman–Crippen MR) is 93.3 cm³/mol. The van der Waals surface area contributed by atoms with Gasteiger partial charge < -0.3 is 15.2 Å². The highest BCUT2D eigenvalue weighted by molar-refractivity contribution is 7.88. The van der Waals surface area contributed by atoms with Gasteiger partial charge >= 0.3 is 13.1 Å². The Morgan fingerprint density at radius 2 is 1.68 bits per heavy atom. The van der Waals surface area contributed by atoms with E-state index in [4.69, 9.17) is 5.11 Å². The maximum absolute atomic E-state index is 12.3. The van der Waals surface area contributed by atoms with Gasteiger partial charge in [0.15, 0.2) is 0 Å². The van der Waals surface area contributed by atoms with E-state index in [1.54, 1.807) is 36.4 Å². The fourth-order valence-electron chi connectivity index (χ4n) is 2.36. The second-order valence-electron chi connectivity index (χ2n) is 5.59. The van der Waals surface area contributed by atoms with Crippen LogP contribution in [0.1, 0.15) is 21.5 Å². The van der Waals surface area contributed by atoms with Gasteiger partial charge in [0, 0.05) is 0 Å². The summed E-state index contributed by atoms with van der Waals surface area (Å²) >= 11 is 0. The minimum absolute atomic E-state index is 0.0378. The lowest BCUT2D eigenvalue weighted by atomic mass is 9.76. The standard InChI is InChI=1S/C16H18BNO6S/c19-16(20)14-8-4-7-13(9-14)10-15(17(21)22)18-25(23,24)11-12-5-2-1-3-6-12/h1-9,15,18,21-22H,10-11H2,(H,19,20)/t15-/m0/s1. The Bertz CT molecular complexity index is 826. The van der Waals surface area contributed by atoms with Crippen molar-refractivity contribution in [1.82, 2.24) is 4.72 Å². The van der Waals surface area contributed by atoms with Crippen LogP contribution in [0.15, 0.2) is 54.6 Å². The van der Waals surface area contributed by atoms with E-state index in [-0.39, 0.29) is 17.7 Å². The van der Waals surface area contributed by atoms with E-state index < -0.39 is 29.1 Å². The number of sulfonamides is 1. The molecule has 0 fully saturated rings. The Morgan fingerprint density at radius 3 is 2.28 bits per heavy atom. The molecule has 0 amide bonds. The molecule has 0 saturated carbocycles. The number of aromatic carboxylic acids is 1. The minimum atomic E-state index is -3.81. The van der Waals surface area contributed by atoms with Crippen LogP contribution in [0.4, 0.5) is 0 Å². The second kappa shape index (κ2) is 8.26. The van der Waals surface area contributed by atoms with Gasteiger partial charge in [-0.25, -0.2) is 17.9 Å². The van der Waals surface area contributed by atoms with E-state index in [2.05, 4.69) is 4.72 Å². The molecule has 0 unspecified atom stereocenters. The number of hydrogen-bond acceptors (Lipinski definition) is 5.